The van der Waals surface area contributed by atoms with E-state index in [2.05, 4.69) is 41.1 Å². The smallest absolute Gasteiger partial charge is 0.294 e. The second-order valence-corrected chi connectivity index (χ2v) is 8.01. The Bertz CT molecular complexity index is 1440. The average Bonchev–Trinajstić information content (AvgIpc) is 3.45. The first-order valence-corrected chi connectivity index (χ1v) is 10.7. The number of nitrogens with zero attached hydrogens (tertiary/aromatic N) is 6. The first-order valence-electron chi connectivity index (χ1n) is 9.96. The van der Waals surface area contributed by atoms with Gasteiger partial charge in [-0.15, -0.1) is 5.10 Å². The number of nitrogen functional groups attached to an aromatic ring is 1. The van der Waals surface area contributed by atoms with Crippen molar-refractivity contribution in [2.75, 3.05) is 11.1 Å². The molecule has 0 fully saturated rings. The highest BCUT2D eigenvalue weighted by molar-refractivity contribution is 6.42. The van der Waals surface area contributed by atoms with Crippen LogP contribution >= 0.6 is 23.2 Å². The number of hydrogen-bond donors (Lipinski definition) is 3. The van der Waals surface area contributed by atoms with Gasteiger partial charge in [0.05, 0.1) is 15.8 Å². The van der Waals surface area contributed by atoms with Crippen LogP contribution in [0, 0.1) is 0 Å². The topological polar surface area (TPSA) is 166 Å². The van der Waals surface area contributed by atoms with Crippen LogP contribution < -0.4 is 16.5 Å². The number of nitrogens with two attached hydrogens (primary N) is 1. The molecule has 0 aliphatic heterocycles. The highest BCUT2D eigenvalue weighted by Crippen LogP contribution is 2.31. The first-order chi connectivity index (χ1) is 16.7. The van der Waals surface area contributed by atoms with Gasteiger partial charge in [-0.2, -0.15) is 9.78 Å². The molecule has 0 bridgehead atoms. The molecule has 0 aliphatic rings. The molecule has 35 heavy (non-hydrogen) atoms. The molecule has 0 unspecified atom stereocenters. The molecule has 2 aromatic heterocycles. The van der Waals surface area contributed by atoms with Crippen LogP contribution in [0.2, 0.25) is 10.0 Å². The number of benzene rings is 2. The average molecular weight is 514 g/mol. The van der Waals surface area contributed by atoms with Crippen molar-refractivity contribution < 1.29 is 14.2 Å². The van der Waals surface area contributed by atoms with E-state index in [4.69, 9.17) is 28.9 Å². The second-order valence-electron chi connectivity index (χ2n) is 7.20. The second kappa shape index (κ2) is 9.91. The summed E-state index contributed by atoms with van der Waals surface area (Å²) in [4.78, 5) is 24.2. The molecule has 12 nitrogen and oxygen atoms in total. The van der Waals surface area contributed by atoms with E-state index in [9.17, 15) is 9.59 Å². The zero-order valence-corrected chi connectivity index (χ0v) is 19.8. The van der Waals surface area contributed by atoms with Crippen molar-refractivity contribution in [3.05, 3.63) is 63.8 Å². The van der Waals surface area contributed by atoms with Gasteiger partial charge in [-0.1, -0.05) is 46.6 Å². The molecule has 4 N–H and O–H groups in total. The molecule has 4 rings (SSSR count). The Morgan fingerprint density at radius 1 is 1.06 bits per heavy atom. The van der Waals surface area contributed by atoms with Gasteiger partial charge >= 0.3 is 0 Å². The number of carbonyl (C=O) groups is 2. The van der Waals surface area contributed by atoms with Gasteiger partial charge in [0, 0.05) is 18.2 Å². The maximum atomic E-state index is 13.0. The number of aromatic nitrogens is 5. The van der Waals surface area contributed by atoms with Gasteiger partial charge in [0.2, 0.25) is 17.5 Å². The van der Waals surface area contributed by atoms with E-state index in [-0.39, 0.29) is 34.0 Å². The van der Waals surface area contributed by atoms with Crippen LogP contribution in [0.1, 0.15) is 29.9 Å². The van der Waals surface area contributed by atoms with E-state index in [1.54, 1.807) is 49.4 Å². The monoisotopic (exact) mass is 513 g/mol. The summed E-state index contributed by atoms with van der Waals surface area (Å²) < 4.78 is 5.86. The van der Waals surface area contributed by atoms with E-state index in [0.29, 0.717) is 22.0 Å². The summed E-state index contributed by atoms with van der Waals surface area (Å²) in [6, 6.07) is 11.7. The quantitative estimate of drug-likeness (QED) is 0.260. The van der Waals surface area contributed by atoms with Gasteiger partial charge in [0.25, 0.3) is 5.91 Å². The van der Waals surface area contributed by atoms with Crippen molar-refractivity contribution in [1.82, 2.24) is 30.7 Å². The fourth-order valence-corrected chi connectivity index (χ4v) is 3.37. The number of amides is 2. The van der Waals surface area contributed by atoms with Crippen molar-refractivity contribution in [2.45, 2.75) is 13.8 Å². The zero-order chi connectivity index (χ0) is 25.1. The van der Waals surface area contributed by atoms with Crippen LogP contribution in [0.25, 0.3) is 17.1 Å². The van der Waals surface area contributed by atoms with Gasteiger partial charge in [-0.3, -0.25) is 9.59 Å². The molecule has 2 heterocycles. The van der Waals surface area contributed by atoms with E-state index in [1.807, 2.05) is 0 Å². The minimum atomic E-state index is -0.651. The van der Waals surface area contributed by atoms with E-state index in [1.165, 1.54) is 11.6 Å². The third-order valence-corrected chi connectivity index (χ3v) is 5.46. The predicted octanol–water partition coefficient (Wildman–Crippen LogP) is 3.32. The Hall–Kier alpha value is -4.29. The Balaban J connectivity index is 1.65. The summed E-state index contributed by atoms with van der Waals surface area (Å²) in [5, 5.41) is 22.7. The summed E-state index contributed by atoms with van der Waals surface area (Å²) in [5.74, 6) is -0.845. The van der Waals surface area contributed by atoms with Crippen molar-refractivity contribution in [3.8, 4) is 17.1 Å². The molecule has 0 radical (unpaired) electrons. The SMILES string of the molecule is CC(=O)Nc1ccc(C(C)=NNC(=O)c2nnn(-c3nonc3N)c2-c2ccc(Cl)c(Cl)c2)cc1. The summed E-state index contributed by atoms with van der Waals surface area (Å²) in [6.07, 6.45) is 0. The minimum Gasteiger partial charge on any atom is -0.378 e. The number of anilines is 2. The predicted molar refractivity (Wildman–Crippen MR) is 130 cm³/mol. The fourth-order valence-electron chi connectivity index (χ4n) is 3.07. The van der Waals surface area contributed by atoms with Gasteiger partial charge in [0.15, 0.2) is 5.69 Å². The summed E-state index contributed by atoms with van der Waals surface area (Å²) in [5.41, 5.74) is 10.8. The van der Waals surface area contributed by atoms with Crippen LogP contribution in [-0.2, 0) is 4.79 Å². The molecule has 2 amide bonds. The molecule has 178 valence electrons. The number of carbonyl (C=O) groups excluding carboxylic acids is 2. The van der Waals surface area contributed by atoms with E-state index >= 15 is 0 Å². The maximum Gasteiger partial charge on any atom is 0.294 e. The molecule has 0 saturated carbocycles. The molecular weight excluding hydrogens is 497 g/mol. The number of halogens is 2. The third-order valence-electron chi connectivity index (χ3n) is 4.72. The zero-order valence-electron chi connectivity index (χ0n) is 18.3. The highest BCUT2D eigenvalue weighted by atomic mass is 35.5. The molecule has 2 aromatic carbocycles. The molecule has 14 heteroatoms. The Morgan fingerprint density at radius 2 is 1.80 bits per heavy atom. The largest absolute Gasteiger partial charge is 0.378 e. The summed E-state index contributed by atoms with van der Waals surface area (Å²) in [6.45, 7) is 3.14. The van der Waals surface area contributed by atoms with Crippen molar-refractivity contribution in [2.24, 2.45) is 5.10 Å². The number of rotatable bonds is 6. The van der Waals surface area contributed by atoms with Crippen LogP contribution in [0.5, 0.6) is 0 Å². The normalized spacial score (nSPS) is 11.4. The van der Waals surface area contributed by atoms with Crippen LogP contribution in [-0.4, -0.2) is 42.8 Å². The molecule has 4 aromatic rings. The number of hydrazone groups is 1. The molecular formula is C21H17Cl2N9O3. The lowest BCUT2D eigenvalue weighted by Gasteiger charge is -2.08. The van der Waals surface area contributed by atoms with Crippen LogP contribution in [0.15, 0.2) is 52.2 Å². The first kappa shape index (κ1) is 23.9. The minimum absolute atomic E-state index is 0.0385. The number of nitrogens with one attached hydrogen (secondary N) is 2. The molecule has 0 aliphatic carbocycles. The lowest BCUT2D eigenvalue weighted by atomic mass is 10.1. The lowest BCUT2D eigenvalue weighted by molar-refractivity contribution is -0.114. The van der Waals surface area contributed by atoms with Gasteiger partial charge in [0.1, 0.15) is 5.69 Å². The van der Waals surface area contributed by atoms with Gasteiger partial charge < -0.3 is 11.1 Å². The van der Waals surface area contributed by atoms with Crippen molar-refractivity contribution >= 4 is 52.2 Å². The van der Waals surface area contributed by atoms with Gasteiger partial charge in [-0.25, -0.2) is 10.1 Å². The van der Waals surface area contributed by atoms with Crippen molar-refractivity contribution in [3.63, 3.8) is 0 Å². The van der Waals surface area contributed by atoms with Crippen LogP contribution in [0.4, 0.5) is 11.5 Å². The fraction of sp³-hybridized carbons (Fsp3) is 0.0952. The lowest BCUT2D eigenvalue weighted by Crippen LogP contribution is -2.21. The Kier molecular flexibility index (Phi) is 6.75. The van der Waals surface area contributed by atoms with Crippen LogP contribution in [0.3, 0.4) is 0 Å². The Labute approximate surface area is 208 Å². The highest BCUT2D eigenvalue weighted by Gasteiger charge is 2.25. The van der Waals surface area contributed by atoms with E-state index < -0.39 is 5.91 Å². The maximum absolute atomic E-state index is 13.0. The number of hydrogen-bond acceptors (Lipinski definition) is 9. The standard InChI is InChI=1S/C21H17Cl2N9O3/c1-10(12-3-6-14(7-4-12)25-11(2)33)26-28-21(34)17-18(13-5-8-15(22)16(23)9-13)32(31-27-17)20-19(24)29-35-30-20/h3-9H,1-2H3,(H2,24,29)(H,25,33)(H,28,34). The molecule has 0 spiro atoms. The summed E-state index contributed by atoms with van der Waals surface area (Å²) in [7, 11) is 0. The molecule has 0 atom stereocenters. The summed E-state index contributed by atoms with van der Waals surface area (Å²) >= 11 is 12.2. The third kappa shape index (κ3) is 5.13. The van der Waals surface area contributed by atoms with Crippen molar-refractivity contribution in [1.29, 1.82) is 0 Å². The Morgan fingerprint density at radius 3 is 2.43 bits per heavy atom. The van der Waals surface area contributed by atoms with Gasteiger partial charge in [-0.05, 0) is 47.1 Å². The van der Waals surface area contributed by atoms with E-state index in [0.717, 1.165) is 5.56 Å². The molecule has 0 saturated heterocycles.